The number of amides is 1. The Bertz CT molecular complexity index is 437. The minimum Gasteiger partial charge on any atom is -0.352 e. The fourth-order valence-electron chi connectivity index (χ4n) is 2.47. The molecule has 4 N–H and O–H groups in total. The van der Waals surface area contributed by atoms with Crippen LogP contribution in [-0.2, 0) is 0 Å². The van der Waals surface area contributed by atoms with E-state index in [4.69, 9.17) is 5.84 Å². The van der Waals surface area contributed by atoms with Gasteiger partial charge in [-0.25, -0.2) is 0 Å². The summed E-state index contributed by atoms with van der Waals surface area (Å²) in [7, 11) is 2.12. The topological polar surface area (TPSA) is 83.3 Å². The third-order valence-corrected chi connectivity index (χ3v) is 3.49. The highest BCUT2D eigenvalue weighted by Crippen LogP contribution is 2.15. The number of nitrogens with one attached hydrogen (secondary N) is 2. The third kappa shape index (κ3) is 3.65. The molecule has 0 saturated carbocycles. The average Bonchev–Trinajstić information content (AvgIpc) is 2.45. The number of piperidine rings is 1. The predicted molar refractivity (Wildman–Crippen MR) is 74.6 cm³/mol. The average molecular weight is 263 g/mol. The molecule has 1 aromatic heterocycles. The number of hydrazine groups is 1. The molecular weight excluding hydrogens is 242 g/mol. The molecule has 2 heterocycles. The summed E-state index contributed by atoms with van der Waals surface area (Å²) in [4.78, 5) is 18.3. The summed E-state index contributed by atoms with van der Waals surface area (Å²) >= 11 is 0. The molecule has 0 spiro atoms. The first-order valence-corrected chi connectivity index (χ1v) is 6.58. The summed E-state index contributed by atoms with van der Waals surface area (Å²) < 4.78 is 0. The van der Waals surface area contributed by atoms with Gasteiger partial charge in [0, 0.05) is 25.5 Å². The third-order valence-electron chi connectivity index (χ3n) is 3.49. The Balaban J connectivity index is 1.90. The summed E-state index contributed by atoms with van der Waals surface area (Å²) in [6.07, 6.45) is 5.48. The number of hydrogen-bond donors (Lipinski definition) is 3. The monoisotopic (exact) mass is 263 g/mol. The highest BCUT2D eigenvalue weighted by molar-refractivity contribution is 5.99. The number of carbonyl (C=O) groups is 1. The lowest BCUT2D eigenvalue weighted by Gasteiger charge is -2.29. The maximum absolute atomic E-state index is 12.1. The van der Waals surface area contributed by atoms with E-state index in [9.17, 15) is 4.79 Å². The molecule has 19 heavy (non-hydrogen) atoms. The minimum atomic E-state index is -0.130. The molecule has 0 bridgehead atoms. The van der Waals surface area contributed by atoms with Gasteiger partial charge in [0.25, 0.3) is 5.91 Å². The fraction of sp³-hybridized carbons (Fsp3) is 0.538. The van der Waals surface area contributed by atoms with Crippen molar-refractivity contribution >= 4 is 11.6 Å². The number of likely N-dealkylation sites (tertiary alicyclic amines) is 1. The van der Waals surface area contributed by atoms with E-state index in [1.165, 1.54) is 19.0 Å². The van der Waals surface area contributed by atoms with E-state index in [1.807, 2.05) is 0 Å². The van der Waals surface area contributed by atoms with Gasteiger partial charge < -0.3 is 15.6 Å². The van der Waals surface area contributed by atoms with Crippen molar-refractivity contribution in [3.05, 3.63) is 24.0 Å². The SMILES string of the molecule is CN1CCCC(CNC(=O)c2cnccc2NN)C1. The maximum atomic E-state index is 12.1. The second kappa shape index (κ2) is 6.49. The highest BCUT2D eigenvalue weighted by atomic mass is 16.1. The van der Waals surface area contributed by atoms with Crippen LogP contribution in [0.15, 0.2) is 18.5 Å². The van der Waals surface area contributed by atoms with Crippen molar-refractivity contribution in [3.8, 4) is 0 Å². The maximum Gasteiger partial charge on any atom is 0.255 e. The van der Waals surface area contributed by atoms with Gasteiger partial charge in [-0.3, -0.25) is 15.6 Å². The molecule has 0 radical (unpaired) electrons. The summed E-state index contributed by atoms with van der Waals surface area (Å²) in [6, 6.07) is 1.68. The zero-order valence-electron chi connectivity index (χ0n) is 11.2. The molecule has 104 valence electrons. The van der Waals surface area contributed by atoms with E-state index in [-0.39, 0.29) is 5.91 Å². The smallest absolute Gasteiger partial charge is 0.255 e. The summed E-state index contributed by atoms with van der Waals surface area (Å²) in [6.45, 7) is 2.88. The van der Waals surface area contributed by atoms with Crippen LogP contribution in [-0.4, -0.2) is 42.5 Å². The van der Waals surface area contributed by atoms with Crippen LogP contribution in [0.2, 0.25) is 0 Å². The van der Waals surface area contributed by atoms with Gasteiger partial charge in [0.05, 0.1) is 11.3 Å². The lowest BCUT2D eigenvalue weighted by molar-refractivity contribution is 0.0937. The van der Waals surface area contributed by atoms with Crippen molar-refractivity contribution in [2.45, 2.75) is 12.8 Å². The molecule has 0 aromatic carbocycles. The molecule has 1 aromatic rings. The standard InChI is InChI=1S/C13H21N5O/c1-18-6-2-3-10(9-18)7-16-13(19)11-8-15-5-4-12(11)17-14/h4-5,8,10H,2-3,6-7,9,14H2,1H3,(H,15,17)(H,16,19). The number of nitrogens with two attached hydrogens (primary N) is 1. The number of rotatable bonds is 4. The second-order valence-electron chi connectivity index (χ2n) is 5.05. The second-order valence-corrected chi connectivity index (χ2v) is 5.05. The van der Waals surface area contributed by atoms with Crippen LogP contribution in [0.3, 0.4) is 0 Å². The van der Waals surface area contributed by atoms with E-state index < -0.39 is 0 Å². The van der Waals surface area contributed by atoms with Crippen LogP contribution in [0.4, 0.5) is 5.69 Å². The van der Waals surface area contributed by atoms with Gasteiger partial charge in [0.1, 0.15) is 0 Å². The Labute approximate surface area is 113 Å². The molecule has 2 rings (SSSR count). The van der Waals surface area contributed by atoms with Gasteiger partial charge in [-0.2, -0.15) is 0 Å². The van der Waals surface area contributed by atoms with Gasteiger partial charge in [0.2, 0.25) is 0 Å². The Morgan fingerprint density at radius 1 is 1.63 bits per heavy atom. The van der Waals surface area contributed by atoms with Crippen LogP contribution in [0, 0.1) is 5.92 Å². The van der Waals surface area contributed by atoms with Crippen LogP contribution in [0.5, 0.6) is 0 Å². The zero-order valence-corrected chi connectivity index (χ0v) is 11.2. The molecule has 1 unspecified atom stereocenters. The Morgan fingerprint density at radius 3 is 3.21 bits per heavy atom. The number of nitrogen functional groups attached to an aromatic ring is 1. The first-order chi connectivity index (χ1) is 9.20. The summed E-state index contributed by atoms with van der Waals surface area (Å²) in [5, 5.41) is 2.96. The number of pyridine rings is 1. The molecule has 1 atom stereocenters. The predicted octanol–water partition coefficient (Wildman–Crippen LogP) is 0.439. The van der Waals surface area contributed by atoms with E-state index in [2.05, 4.69) is 27.7 Å². The minimum absolute atomic E-state index is 0.130. The molecule has 6 heteroatoms. The van der Waals surface area contributed by atoms with Crippen molar-refractivity contribution in [2.75, 3.05) is 32.1 Å². The first kappa shape index (κ1) is 13.8. The van der Waals surface area contributed by atoms with Crippen molar-refractivity contribution in [1.82, 2.24) is 15.2 Å². The molecular formula is C13H21N5O. The molecule has 1 aliphatic rings. The lowest BCUT2D eigenvalue weighted by Crippen LogP contribution is -2.39. The lowest BCUT2D eigenvalue weighted by atomic mass is 9.98. The number of hydrogen-bond acceptors (Lipinski definition) is 5. The summed E-state index contributed by atoms with van der Waals surface area (Å²) in [5.74, 6) is 5.77. The van der Waals surface area contributed by atoms with Crippen molar-refractivity contribution in [3.63, 3.8) is 0 Å². The van der Waals surface area contributed by atoms with Crippen molar-refractivity contribution < 1.29 is 4.79 Å². The van der Waals surface area contributed by atoms with Crippen molar-refractivity contribution in [1.29, 1.82) is 0 Å². The van der Waals surface area contributed by atoms with Gasteiger partial charge in [-0.15, -0.1) is 0 Å². The Morgan fingerprint density at radius 2 is 2.47 bits per heavy atom. The zero-order chi connectivity index (χ0) is 13.7. The number of anilines is 1. The molecule has 1 fully saturated rings. The van der Waals surface area contributed by atoms with E-state index in [0.717, 1.165) is 13.1 Å². The van der Waals surface area contributed by atoms with Crippen LogP contribution >= 0.6 is 0 Å². The first-order valence-electron chi connectivity index (χ1n) is 6.58. The van der Waals surface area contributed by atoms with E-state index in [1.54, 1.807) is 12.3 Å². The van der Waals surface area contributed by atoms with Crippen LogP contribution in [0.1, 0.15) is 23.2 Å². The molecule has 0 aliphatic carbocycles. The van der Waals surface area contributed by atoms with Gasteiger partial charge >= 0.3 is 0 Å². The quantitative estimate of drug-likeness (QED) is 0.542. The Hall–Kier alpha value is -1.66. The largest absolute Gasteiger partial charge is 0.352 e. The number of carbonyl (C=O) groups excluding carboxylic acids is 1. The van der Waals surface area contributed by atoms with Gasteiger partial charge in [0.15, 0.2) is 0 Å². The molecule has 1 amide bonds. The molecule has 6 nitrogen and oxygen atoms in total. The van der Waals surface area contributed by atoms with E-state index >= 15 is 0 Å². The molecule has 1 saturated heterocycles. The number of nitrogens with zero attached hydrogens (tertiary/aromatic N) is 2. The van der Waals surface area contributed by atoms with Crippen LogP contribution < -0.4 is 16.6 Å². The Kier molecular flexibility index (Phi) is 4.70. The highest BCUT2D eigenvalue weighted by Gasteiger charge is 2.18. The van der Waals surface area contributed by atoms with Crippen LogP contribution in [0.25, 0.3) is 0 Å². The fourth-order valence-corrected chi connectivity index (χ4v) is 2.47. The van der Waals surface area contributed by atoms with Gasteiger partial charge in [-0.05, 0) is 38.4 Å². The normalized spacial score (nSPS) is 20.0. The summed E-state index contributed by atoms with van der Waals surface area (Å²) in [5.41, 5.74) is 3.58. The molecule has 1 aliphatic heterocycles. The van der Waals surface area contributed by atoms with Crippen molar-refractivity contribution in [2.24, 2.45) is 11.8 Å². The van der Waals surface area contributed by atoms with E-state index in [0.29, 0.717) is 23.7 Å². The number of aromatic nitrogens is 1. The van der Waals surface area contributed by atoms with Gasteiger partial charge in [-0.1, -0.05) is 0 Å².